The highest BCUT2D eigenvalue weighted by Gasteiger charge is 2.22. The van der Waals surface area contributed by atoms with Gasteiger partial charge in [-0.25, -0.2) is 17.6 Å². The van der Waals surface area contributed by atoms with E-state index in [4.69, 9.17) is 4.74 Å². The monoisotopic (exact) mass is 308 g/mol. The number of carbonyl (C=O) groups is 1. The van der Waals surface area contributed by atoms with Crippen LogP contribution in [0.5, 0.6) is 0 Å². The lowest BCUT2D eigenvalue weighted by molar-refractivity contribution is -0.121. The van der Waals surface area contributed by atoms with Crippen LogP contribution in [0.15, 0.2) is 6.07 Å². The third kappa shape index (κ3) is 4.59. The Morgan fingerprint density at radius 3 is 2.33 bits per heavy atom. The molecule has 0 radical (unpaired) electrons. The molecule has 1 unspecified atom stereocenters. The van der Waals surface area contributed by atoms with Gasteiger partial charge in [0.2, 0.25) is 5.91 Å². The van der Waals surface area contributed by atoms with Gasteiger partial charge in [0.1, 0.15) is 11.7 Å². The Balaban J connectivity index is 2.70. The van der Waals surface area contributed by atoms with Gasteiger partial charge in [-0.3, -0.25) is 4.79 Å². The van der Waals surface area contributed by atoms with Gasteiger partial charge in [-0.15, -0.1) is 0 Å². The predicted octanol–water partition coefficient (Wildman–Crippen LogP) is 2.20. The fraction of sp³-hybridized carbons (Fsp3) is 0.462. The second kappa shape index (κ2) is 7.82. The molecule has 1 amide bonds. The molecule has 2 N–H and O–H groups in total. The number of carbonyl (C=O) groups excluding carboxylic acids is 1. The maximum atomic E-state index is 13.4. The first-order valence-electron chi connectivity index (χ1n) is 6.24. The highest BCUT2D eigenvalue weighted by atomic mass is 19.2. The summed E-state index contributed by atoms with van der Waals surface area (Å²) in [6.07, 6.45) is 0.562. The number of anilines is 1. The molecule has 0 aliphatic heterocycles. The fourth-order valence-electron chi connectivity index (χ4n) is 1.56. The van der Waals surface area contributed by atoms with E-state index in [0.717, 1.165) is 0 Å². The maximum Gasteiger partial charge on any atom is 0.242 e. The number of ether oxygens (including phenoxy) is 1. The summed E-state index contributed by atoms with van der Waals surface area (Å²) in [5.41, 5.74) is -1.01. The molecule has 0 saturated heterocycles. The van der Waals surface area contributed by atoms with Crippen molar-refractivity contribution in [2.45, 2.75) is 19.4 Å². The lowest BCUT2D eigenvalue weighted by Gasteiger charge is -2.16. The van der Waals surface area contributed by atoms with Crippen molar-refractivity contribution >= 4 is 11.6 Å². The summed E-state index contributed by atoms with van der Waals surface area (Å²) in [5.74, 6) is -6.79. The Morgan fingerprint density at radius 2 is 1.81 bits per heavy atom. The van der Waals surface area contributed by atoms with Crippen molar-refractivity contribution in [1.82, 2.24) is 5.32 Å². The Labute approximate surface area is 119 Å². The summed E-state index contributed by atoms with van der Waals surface area (Å²) in [4.78, 5) is 11.7. The van der Waals surface area contributed by atoms with Gasteiger partial charge in [0, 0.05) is 26.3 Å². The van der Waals surface area contributed by atoms with E-state index in [2.05, 4.69) is 10.6 Å². The minimum absolute atomic E-state index is 0.103. The first-order valence-corrected chi connectivity index (χ1v) is 6.24. The molecule has 4 nitrogen and oxygen atoms in total. The van der Waals surface area contributed by atoms with Crippen LogP contribution in [0.3, 0.4) is 0 Å². The molecule has 0 saturated carbocycles. The Bertz CT molecular complexity index is 485. The smallest absolute Gasteiger partial charge is 0.242 e. The van der Waals surface area contributed by atoms with Gasteiger partial charge in [0.05, 0.1) is 0 Å². The van der Waals surface area contributed by atoms with E-state index in [1.54, 1.807) is 0 Å². The number of halogens is 4. The second-order valence-electron chi connectivity index (χ2n) is 4.35. The number of methoxy groups -OCH3 is 1. The van der Waals surface area contributed by atoms with Crippen LogP contribution in [0, 0.1) is 23.3 Å². The lowest BCUT2D eigenvalue weighted by atomic mass is 10.2. The van der Waals surface area contributed by atoms with Crippen molar-refractivity contribution in [3.05, 3.63) is 29.3 Å². The molecular formula is C13H16F4N2O2. The molecule has 1 rings (SSSR count). The van der Waals surface area contributed by atoms with Crippen LogP contribution in [0.25, 0.3) is 0 Å². The highest BCUT2D eigenvalue weighted by Crippen LogP contribution is 2.24. The molecule has 0 spiro atoms. The molecular weight excluding hydrogens is 292 g/mol. The average Bonchev–Trinajstić information content (AvgIpc) is 2.45. The van der Waals surface area contributed by atoms with E-state index in [-0.39, 0.29) is 6.07 Å². The normalized spacial score (nSPS) is 12.1. The molecule has 8 heteroatoms. The van der Waals surface area contributed by atoms with Crippen LogP contribution >= 0.6 is 0 Å². The number of hydrogen-bond acceptors (Lipinski definition) is 3. The number of benzene rings is 1. The number of rotatable bonds is 7. The van der Waals surface area contributed by atoms with E-state index >= 15 is 0 Å². The quantitative estimate of drug-likeness (QED) is 0.461. The van der Waals surface area contributed by atoms with Gasteiger partial charge < -0.3 is 15.4 Å². The highest BCUT2D eigenvalue weighted by molar-refractivity contribution is 5.84. The molecule has 1 aromatic carbocycles. The topological polar surface area (TPSA) is 50.4 Å². The molecule has 118 valence electrons. The van der Waals surface area contributed by atoms with Crippen molar-refractivity contribution in [3.63, 3.8) is 0 Å². The largest absolute Gasteiger partial charge is 0.385 e. The minimum atomic E-state index is -1.58. The van der Waals surface area contributed by atoms with Crippen molar-refractivity contribution in [2.75, 3.05) is 25.6 Å². The zero-order valence-corrected chi connectivity index (χ0v) is 11.6. The van der Waals surface area contributed by atoms with E-state index in [9.17, 15) is 22.4 Å². The molecule has 0 heterocycles. The van der Waals surface area contributed by atoms with Gasteiger partial charge in [-0.2, -0.15) is 0 Å². The SMILES string of the molecule is COCCCNC(=O)C(C)Nc1c(F)c(F)cc(F)c1F. The van der Waals surface area contributed by atoms with Gasteiger partial charge in [-0.1, -0.05) is 0 Å². The van der Waals surface area contributed by atoms with E-state index < -0.39 is 40.9 Å². The van der Waals surface area contributed by atoms with E-state index in [1.807, 2.05) is 0 Å². The Hall–Kier alpha value is -1.83. The zero-order chi connectivity index (χ0) is 16.0. The summed E-state index contributed by atoms with van der Waals surface area (Å²) in [7, 11) is 1.51. The summed E-state index contributed by atoms with van der Waals surface area (Å²) in [5, 5.41) is 4.62. The fourth-order valence-corrected chi connectivity index (χ4v) is 1.56. The van der Waals surface area contributed by atoms with Crippen LogP contribution < -0.4 is 10.6 Å². The molecule has 0 fully saturated rings. The summed E-state index contributed by atoms with van der Waals surface area (Å²) in [6, 6.07) is -0.969. The first-order chi connectivity index (χ1) is 9.88. The van der Waals surface area contributed by atoms with Gasteiger partial charge in [-0.05, 0) is 13.3 Å². The van der Waals surface area contributed by atoms with E-state index in [1.165, 1.54) is 14.0 Å². The Kier molecular flexibility index (Phi) is 6.41. The average molecular weight is 308 g/mol. The zero-order valence-electron chi connectivity index (χ0n) is 11.6. The van der Waals surface area contributed by atoms with Crippen molar-refractivity contribution < 1.29 is 27.1 Å². The third-order valence-electron chi connectivity index (χ3n) is 2.69. The molecule has 0 aliphatic carbocycles. The first kappa shape index (κ1) is 17.2. The number of amides is 1. The molecule has 0 bridgehead atoms. The van der Waals surface area contributed by atoms with E-state index in [0.29, 0.717) is 19.6 Å². The van der Waals surface area contributed by atoms with Crippen LogP contribution in [0.4, 0.5) is 23.2 Å². The summed E-state index contributed by atoms with van der Waals surface area (Å²) >= 11 is 0. The van der Waals surface area contributed by atoms with Crippen molar-refractivity contribution in [3.8, 4) is 0 Å². The number of hydrogen-bond donors (Lipinski definition) is 2. The standard InChI is InChI=1S/C13H16F4N2O2/c1-7(13(20)18-4-3-5-21-2)19-12-10(16)8(14)6-9(15)11(12)17/h6-7,19H,3-5H2,1-2H3,(H,18,20). The van der Waals surface area contributed by atoms with Crippen LogP contribution in [-0.4, -0.2) is 32.2 Å². The molecule has 1 aromatic rings. The van der Waals surface area contributed by atoms with Crippen molar-refractivity contribution in [2.24, 2.45) is 0 Å². The van der Waals surface area contributed by atoms with Crippen LogP contribution in [0.1, 0.15) is 13.3 Å². The molecule has 1 atom stereocenters. The third-order valence-corrected chi connectivity index (χ3v) is 2.69. The molecule has 21 heavy (non-hydrogen) atoms. The number of nitrogens with one attached hydrogen (secondary N) is 2. The Morgan fingerprint density at radius 1 is 1.24 bits per heavy atom. The van der Waals surface area contributed by atoms with Crippen LogP contribution in [-0.2, 0) is 9.53 Å². The van der Waals surface area contributed by atoms with Crippen molar-refractivity contribution in [1.29, 1.82) is 0 Å². The predicted molar refractivity (Wildman–Crippen MR) is 68.9 cm³/mol. The van der Waals surface area contributed by atoms with Gasteiger partial charge in [0.15, 0.2) is 23.3 Å². The van der Waals surface area contributed by atoms with Gasteiger partial charge >= 0.3 is 0 Å². The lowest BCUT2D eigenvalue weighted by Crippen LogP contribution is -2.38. The molecule has 0 aliphatic rings. The van der Waals surface area contributed by atoms with Crippen LogP contribution in [0.2, 0.25) is 0 Å². The summed E-state index contributed by atoms with van der Waals surface area (Å²) < 4.78 is 57.7. The maximum absolute atomic E-state index is 13.4. The minimum Gasteiger partial charge on any atom is -0.385 e. The van der Waals surface area contributed by atoms with Gasteiger partial charge in [0.25, 0.3) is 0 Å². The summed E-state index contributed by atoms with van der Waals surface area (Å²) in [6.45, 7) is 2.06. The molecule has 0 aromatic heterocycles. The second-order valence-corrected chi connectivity index (χ2v) is 4.35.